The molecule has 0 aliphatic carbocycles. The first-order valence-electron chi connectivity index (χ1n) is 7.86. The number of anilines is 4. The lowest BCUT2D eigenvalue weighted by molar-refractivity contribution is 0.168. The average molecular weight is 394 g/mol. The highest BCUT2D eigenvalue weighted by Crippen LogP contribution is 2.30. The number of carbonyl (C=O) groups excluding carboxylic acids is 1. The van der Waals surface area contributed by atoms with Crippen LogP contribution in [0, 0.1) is 0 Å². The van der Waals surface area contributed by atoms with Crippen molar-refractivity contribution in [2.24, 2.45) is 0 Å². The number of nitrogens with zero attached hydrogens (tertiary/aromatic N) is 2. The molecule has 0 saturated heterocycles. The van der Waals surface area contributed by atoms with E-state index in [4.69, 9.17) is 16.2 Å². The highest BCUT2D eigenvalue weighted by molar-refractivity contribution is 5.87. The van der Waals surface area contributed by atoms with Crippen LogP contribution in [0.4, 0.5) is 27.8 Å². The van der Waals surface area contributed by atoms with Crippen LogP contribution < -0.4 is 21.7 Å². The van der Waals surface area contributed by atoms with Gasteiger partial charge in [-0.3, -0.25) is 5.32 Å². The predicted molar refractivity (Wildman–Crippen MR) is 119 cm³/mol. The van der Waals surface area contributed by atoms with E-state index in [2.05, 4.69) is 10.3 Å². The van der Waals surface area contributed by atoms with Gasteiger partial charge in [-0.25, -0.2) is 9.78 Å². The van der Waals surface area contributed by atoms with Crippen molar-refractivity contribution in [3.8, 4) is 0 Å². The molecule has 158 valence electrons. The van der Waals surface area contributed by atoms with Crippen LogP contribution in [-0.4, -0.2) is 36.4 Å². The number of amides is 1. The normalized spacial score (nSPS) is 10.4. The van der Waals surface area contributed by atoms with E-state index in [-0.39, 0.29) is 52.8 Å². The van der Waals surface area contributed by atoms with Crippen molar-refractivity contribution in [1.82, 2.24) is 4.98 Å². The van der Waals surface area contributed by atoms with Gasteiger partial charge in [-0.1, -0.05) is 52.6 Å². The number of carbonyl (C=O) groups is 1. The fourth-order valence-corrected chi connectivity index (χ4v) is 2.35. The van der Waals surface area contributed by atoms with E-state index in [9.17, 15) is 9.90 Å². The first kappa shape index (κ1) is 27.2. The van der Waals surface area contributed by atoms with Crippen molar-refractivity contribution < 1.29 is 14.6 Å². The van der Waals surface area contributed by atoms with Crippen LogP contribution in [0.3, 0.4) is 0 Å². The quantitative estimate of drug-likeness (QED) is 0.586. The average Bonchev–Trinajstić information content (AvgIpc) is 2.58. The van der Waals surface area contributed by atoms with E-state index in [1.54, 1.807) is 24.9 Å². The predicted octanol–water partition coefficient (Wildman–Crippen LogP) is 3.89. The van der Waals surface area contributed by atoms with Gasteiger partial charge in [0.25, 0.3) is 0 Å². The van der Waals surface area contributed by atoms with Gasteiger partial charge in [0.05, 0.1) is 24.1 Å². The lowest BCUT2D eigenvalue weighted by atomic mass is 10.1. The van der Waals surface area contributed by atoms with E-state index < -0.39 is 12.2 Å². The standard InChI is InChI=1S/C17H23N5O3.3CH4/c1-3-25-17(24)21-14-9-12(15(18)16(19)20-14)22(2)10-13(23)11-7-5-4-6-8-11;;;/h4-9,13,23H,3,10,18H2,1-2H3,(H3,19,20,21,24);3*1H4. The SMILES string of the molecule is C.C.C.CCOC(=O)Nc1cc(N(C)CC(O)c2ccccc2)c(N)c(N)n1. The number of ether oxygens (including phenoxy) is 1. The van der Waals surface area contributed by atoms with E-state index >= 15 is 0 Å². The summed E-state index contributed by atoms with van der Waals surface area (Å²) in [6, 6.07) is 10.9. The fourth-order valence-electron chi connectivity index (χ4n) is 2.35. The zero-order valence-electron chi connectivity index (χ0n) is 14.3. The number of aliphatic hydroxyl groups is 1. The third kappa shape index (κ3) is 6.96. The molecule has 0 aliphatic heterocycles. The number of nitrogens with one attached hydrogen (secondary N) is 1. The minimum Gasteiger partial charge on any atom is -0.450 e. The molecule has 0 fully saturated rings. The van der Waals surface area contributed by atoms with Crippen molar-refractivity contribution in [3.63, 3.8) is 0 Å². The Labute approximate surface area is 168 Å². The number of aliphatic hydroxyl groups excluding tert-OH is 1. The molecular formula is C20H35N5O3. The van der Waals surface area contributed by atoms with Crippen LogP contribution >= 0.6 is 0 Å². The van der Waals surface area contributed by atoms with Gasteiger partial charge in [0, 0.05) is 19.7 Å². The number of nitrogens with two attached hydrogens (primary N) is 2. The maximum absolute atomic E-state index is 11.6. The number of rotatable bonds is 6. The Kier molecular flexibility index (Phi) is 12.1. The maximum atomic E-state index is 11.6. The topological polar surface area (TPSA) is 127 Å². The summed E-state index contributed by atoms with van der Waals surface area (Å²) in [5, 5.41) is 12.9. The molecule has 8 heteroatoms. The zero-order chi connectivity index (χ0) is 18.4. The van der Waals surface area contributed by atoms with Crippen LogP contribution in [0.2, 0.25) is 0 Å². The molecule has 6 N–H and O–H groups in total. The number of benzene rings is 1. The van der Waals surface area contributed by atoms with Crippen LogP contribution in [0.15, 0.2) is 36.4 Å². The molecule has 2 aromatic rings. The van der Waals surface area contributed by atoms with Crippen LogP contribution in [0.5, 0.6) is 0 Å². The van der Waals surface area contributed by atoms with Gasteiger partial charge in [0.1, 0.15) is 5.82 Å². The molecular weight excluding hydrogens is 358 g/mol. The summed E-state index contributed by atoms with van der Waals surface area (Å²) in [4.78, 5) is 17.3. The molecule has 1 amide bonds. The third-order valence-electron chi connectivity index (χ3n) is 3.61. The van der Waals surface area contributed by atoms with Gasteiger partial charge in [-0.2, -0.15) is 0 Å². The summed E-state index contributed by atoms with van der Waals surface area (Å²) in [6.45, 7) is 2.23. The lowest BCUT2D eigenvalue weighted by Gasteiger charge is -2.25. The highest BCUT2D eigenvalue weighted by Gasteiger charge is 2.17. The number of nitrogen functional groups attached to an aromatic ring is 2. The van der Waals surface area contributed by atoms with E-state index in [1.807, 2.05) is 30.3 Å². The van der Waals surface area contributed by atoms with Gasteiger partial charge < -0.3 is 26.2 Å². The van der Waals surface area contributed by atoms with Gasteiger partial charge in [-0.05, 0) is 12.5 Å². The summed E-state index contributed by atoms with van der Waals surface area (Å²) in [6.07, 6.45) is -1.33. The van der Waals surface area contributed by atoms with Crippen molar-refractivity contribution in [2.75, 3.05) is 41.9 Å². The van der Waals surface area contributed by atoms with Gasteiger partial charge in [0.15, 0.2) is 5.82 Å². The Balaban J connectivity index is 0. The van der Waals surface area contributed by atoms with Crippen LogP contribution in [0.25, 0.3) is 0 Å². The second-order valence-corrected chi connectivity index (χ2v) is 5.48. The molecule has 28 heavy (non-hydrogen) atoms. The van der Waals surface area contributed by atoms with Crippen LogP contribution in [0.1, 0.15) is 40.9 Å². The number of pyridine rings is 1. The first-order valence-corrected chi connectivity index (χ1v) is 7.86. The summed E-state index contributed by atoms with van der Waals surface area (Å²) in [5.41, 5.74) is 13.5. The highest BCUT2D eigenvalue weighted by atomic mass is 16.5. The molecule has 1 aromatic carbocycles. The number of hydrogen-bond acceptors (Lipinski definition) is 7. The fraction of sp³-hybridized carbons (Fsp3) is 0.400. The molecule has 0 bridgehead atoms. The Hall–Kier alpha value is -3.00. The van der Waals surface area contributed by atoms with E-state index in [0.717, 1.165) is 5.56 Å². The monoisotopic (exact) mass is 393 g/mol. The molecule has 0 saturated carbocycles. The minimum absolute atomic E-state index is 0. The summed E-state index contributed by atoms with van der Waals surface area (Å²) in [5.74, 6) is 0.312. The Morgan fingerprint density at radius 2 is 1.86 bits per heavy atom. The lowest BCUT2D eigenvalue weighted by Crippen LogP contribution is -2.26. The molecule has 1 unspecified atom stereocenters. The van der Waals surface area contributed by atoms with Gasteiger partial charge in [-0.15, -0.1) is 0 Å². The Morgan fingerprint density at radius 3 is 2.43 bits per heavy atom. The molecule has 0 aliphatic rings. The second kappa shape index (κ2) is 12.4. The molecule has 1 aromatic heterocycles. The van der Waals surface area contributed by atoms with Crippen molar-refractivity contribution in [2.45, 2.75) is 35.3 Å². The van der Waals surface area contributed by atoms with Crippen molar-refractivity contribution in [1.29, 1.82) is 0 Å². The molecule has 8 nitrogen and oxygen atoms in total. The number of likely N-dealkylation sites (N-methyl/N-ethyl adjacent to an activating group) is 1. The third-order valence-corrected chi connectivity index (χ3v) is 3.61. The molecule has 0 spiro atoms. The zero-order valence-corrected chi connectivity index (χ0v) is 14.3. The molecule has 0 radical (unpaired) electrons. The van der Waals surface area contributed by atoms with Crippen molar-refractivity contribution in [3.05, 3.63) is 42.0 Å². The van der Waals surface area contributed by atoms with E-state index in [0.29, 0.717) is 5.69 Å². The van der Waals surface area contributed by atoms with Crippen molar-refractivity contribution >= 4 is 29.1 Å². The van der Waals surface area contributed by atoms with Gasteiger partial charge >= 0.3 is 6.09 Å². The summed E-state index contributed by atoms with van der Waals surface area (Å²) >= 11 is 0. The molecule has 1 heterocycles. The van der Waals surface area contributed by atoms with E-state index in [1.165, 1.54) is 0 Å². The number of aromatic nitrogens is 1. The largest absolute Gasteiger partial charge is 0.450 e. The molecule has 2 rings (SSSR count). The van der Waals surface area contributed by atoms with Crippen LogP contribution in [-0.2, 0) is 4.74 Å². The summed E-state index contributed by atoms with van der Waals surface area (Å²) in [7, 11) is 1.77. The minimum atomic E-state index is -0.707. The number of hydrogen-bond donors (Lipinski definition) is 4. The smallest absolute Gasteiger partial charge is 0.412 e. The first-order chi connectivity index (χ1) is 11.9. The second-order valence-electron chi connectivity index (χ2n) is 5.48. The molecule has 1 atom stereocenters. The Morgan fingerprint density at radius 1 is 1.25 bits per heavy atom. The van der Waals surface area contributed by atoms with Gasteiger partial charge in [0.2, 0.25) is 0 Å². The maximum Gasteiger partial charge on any atom is 0.412 e. The summed E-state index contributed by atoms with van der Waals surface area (Å²) < 4.78 is 4.82. The Bertz CT molecular complexity index is 725.